The molecule has 126 valence electrons. The molecular weight excluding hydrogens is 338 g/mol. The van der Waals surface area contributed by atoms with Crippen molar-refractivity contribution in [2.75, 3.05) is 13.1 Å². The Balaban J connectivity index is 1.55. The Hall–Kier alpha value is -1.59. The second-order valence-electron chi connectivity index (χ2n) is 6.14. The van der Waals surface area contributed by atoms with Crippen LogP contribution in [-0.2, 0) is 0 Å². The van der Waals surface area contributed by atoms with E-state index in [0.717, 1.165) is 25.9 Å². The lowest BCUT2D eigenvalue weighted by Crippen LogP contribution is -2.39. The van der Waals surface area contributed by atoms with Crippen LogP contribution in [0.15, 0.2) is 41.3 Å². The minimum absolute atomic E-state index is 0.0206. The van der Waals surface area contributed by atoms with E-state index in [1.54, 1.807) is 12.1 Å². The SMILES string of the molecule is CC(=O)c1ccc(C(=O)N2CCC(Sc3ccc(C)cc3)CC2)s1. The Morgan fingerprint density at radius 1 is 1.04 bits per heavy atom. The number of piperidine rings is 1. The van der Waals surface area contributed by atoms with Crippen LogP contribution in [0.3, 0.4) is 0 Å². The Bertz CT molecular complexity index is 728. The quantitative estimate of drug-likeness (QED) is 0.745. The molecule has 1 aliphatic rings. The summed E-state index contributed by atoms with van der Waals surface area (Å²) in [5.41, 5.74) is 1.28. The van der Waals surface area contributed by atoms with E-state index < -0.39 is 0 Å². The van der Waals surface area contributed by atoms with Gasteiger partial charge in [0.25, 0.3) is 5.91 Å². The van der Waals surface area contributed by atoms with Gasteiger partial charge in [-0.2, -0.15) is 0 Å². The molecule has 1 fully saturated rings. The molecule has 0 saturated carbocycles. The molecule has 24 heavy (non-hydrogen) atoms. The zero-order chi connectivity index (χ0) is 17.1. The molecule has 0 bridgehead atoms. The van der Waals surface area contributed by atoms with Crippen LogP contribution in [0.1, 0.15) is 44.7 Å². The number of amides is 1. The summed E-state index contributed by atoms with van der Waals surface area (Å²) in [5.74, 6) is 0.0820. The van der Waals surface area contributed by atoms with Crippen LogP contribution in [0.4, 0.5) is 0 Å². The second-order valence-corrected chi connectivity index (χ2v) is 8.60. The van der Waals surface area contributed by atoms with Crippen LogP contribution in [0.5, 0.6) is 0 Å². The minimum Gasteiger partial charge on any atom is -0.338 e. The summed E-state index contributed by atoms with van der Waals surface area (Å²) < 4.78 is 0. The highest BCUT2D eigenvalue weighted by Gasteiger charge is 2.25. The smallest absolute Gasteiger partial charge is 0.263 e. The number of carbonyl (C=O) groups is 2. The van der Waals surface area contributed by atoms with Gasteiger partial charge in [-0.25, -0.2) is 0 Å². The molecule has 3 nitrogen and oxygen atoms in total. The van der Waals surface area contributed by atoms with Crippen molar-refractivity contribution >= 4 is 34.8 Å². The molecule has 1 aromatic carbocycles. The maximum absolute atomic E-state index is 12.6. The Kier molecular flexibility index (Phi) is 5.41. The van der Waals surface area contributed by atoms with Crippen molar-refractivity contribution in [2.24, 2.45) is 0 Å². The molecule has 0 atom stereocenters. The number of rotatable bonds is 4. The molecule has 0 unspecified atom stereocenters. The summed E-state index contributed by atoms with van der Waals surface area (Å²) in [5, 5.41) is 0.563. The highest BCUT2D eigenvalue weighted by atomic mass is 32.2. The van der Waals surface area contributed by atoms with Crippen molar-refractivity contribution in [3.05, 3.63) is 51.7 Å². The van der Waals surface area contributed by atoms with E-state index >= 15 is 0 Å². The van der Waals surface area contributed by atoms with Crippen molar-refractivity contribution in [1.82, 2.24) is 4.90 Å². The minimum atomic E-state index is 0.0206. The lowest BCUT2D eigenvalue weighted by molar-refractivity contribution is 0.0732. The van der Waals surface area contributed by atoms with E-state index in [9.17, 15) is 9.59 Å². The Labute approximate surface area is 151 Å². The van der Waals surface area contributed by atoms with Gasteiger partial charge in [0, 0.05) is 23.2 Å². The molecular formula is C19H21NO2S2. The molecule has 1 saturated heterocycles. The standard InChI is InChI=1S/C19H21NO2S2/c1-13-3-5-15(6-4-13)23-16-9-11-20(12-10-16)19(22)18-8-7-17(24-18)14(2)21/h3-8,16H,9-12H2,1-2H3. The molecule has 0 N–H and O–H groups in total. The Morgan fingerprint density at radius 2 is 1.67 bits per heavy atom. The number of aryl methyl sites for hydroxylation is 1. The number of hydrogen-bond acceptors (Lipinski definition) is 4. The third kappa shape index (κ3) is 4.08. The largest absolute Gasteiger partial charge is 0.338 e. The van der Waals surface area contributed by atoms with Gasteiger partial charge in [0.15, 0.2) is 5.78 Å². The summed E-state index contributed by atoms with van der Waals surface area (Å²) in [7, 11) is 0. The van der Waals surface area contributed by atoms with Crippen LogP contribution in [0, 0.1) is 6.92 Å². The predicted octanol–water partition coefficient (Wildman–Crippen LogP) is 4.66. The predicted molar refractivity (Wildman–Crippen MR) is 100 cm³/mol. The normalized spacial score (nSPS) is 15.5. The van der Waals surface area contributed by atoms with E-state index in [1.807, 2.05) is 16.7 Å². The molecule has 0 radical (unpaired) electrons. The summed E-state index contributed by atoms with van der Waals surface area (Å²) in [4.78, 5) is 28.5. The van der Waals surface area contributed by atoms with Gasteiger partial charge < -0.3 is 4.90 Å². The lowest BCUT2D eigenvalue weighted by Gasteiger charge is -2.31. The highest BCUT2D eigenvalue weighted by Crippen LogP contribution is 2.31. The third-order valence-corrected chi connectivity index (χ3v) is 6.74. The number of thioether (sulfide) groups is 1. The van der Waals surface area contributed by atoms with E-state index in [2.05, 4.69) is 31.2 Å². The van der Waals surface area contributed by atoms with Crippen LogP contribution < -0.4 is 0 Å². The van der Waals surface area contributed by atoms with Gasteiger partial charge in [-0.05, 0) is 51.0 Å². The summed E-state index contributed by atoms with van der Waals surface area (Å²) in [6, 6.07) is 12.2. The number of thiophene rings is 1. The summed E-state index contributed by atoms with van der Waals surface area (Å²) in [6.07, 6.45) is 2.02. The summed E-state index contributed by atoms with van der Waals surface area (Å²) in [6.45, 7) is 5.21. The number of ketones is 1. The fraction of sp³-hybridized carbons (Fsp3) is 0.368. The zero-order valence-electron chi connectivity index (χ0n) is 14.0. The third-order valence-electron chi connectivity index (χ3n) is 4.22. The first kappa shape index (κ1) is 17.2. The molecule has 1 aliphatic heterocycles. The van der Waals surface area contributed by atoms with Crippen LogP contribution in [0.2, 0.25) is 0 Å². The monoisotopic (exact) mass is 359 g/mol. The van der Waals surface area contributed by atoms with Gasteiger partial charge in [0.1, 0.15) is 0 Å². The molecule has 0 spiro atoms. The van der Waals surface area contributed by atoms with Crippen molar-refractivity contribution < 1.29 is 9.59 Å². The molecule has 1 aromatic heterocycles. The maximum Gasteiger partial charge on any atom is 0.263 e. The van der Waals surface area contributed by atoms with Gasteiger partial charge in [0.05, 0.1) is 9.75 Å². The zero-order valence-corrected chi connectivity index (χ0v) is 15.6. The highest BCUT2D eigenvalue weighted by molar-refractivity contribution is 8.00. The average molecular weight is 360 g/mol. The Morgan fingerprint density at radius 3 is 2.25 bits per heavy atom. The van der Waals surface area contributed by atoms with Gasteiger partial charge in [-0.3, -0.25) is 9.59 Å². The maximum atomic E-state index is 12.6. The fourth-order valence-electron chi connectivity index (χ4n) is 2.78. The first-order chi connectivity index (χ1) is 11.5. The fourth-order valence-corrected chi connectivity index (χ4v) is 4.78. The number of hydrogen-bond donors (Lipinski definition) is 0. The summed E-state index contributed by atoms with van der Waals surface area (Å²) >= 11 is 3.21. The van der Waals surface area contributed by atoms with Gasteiger partial charge in [-0.15, -0.1) is 23.1 Å². The molecule has 0 aliphatic carbocycles. The number of nitrogens with zero attached hydrogens (tertiary/aromatic N) is 1. The molecule has 5 heteroatoms. The van der Waals surface area contributed by atoms with Crippen molar-refractivity contribution in [3.63, 3.8) is 0 Å². The lowest BCUT2D eigenvalue weighted by atomic mass is 10.1. The van der Waals surface area contributed by atoms with Gasteiger partial charge in [-0.1, -0.05) is 17.7 Å². The van der Waals surface area contributed by atoms with E-state index in [4.69, 9.17) is 0 Å². The van der Waals surface area contributed by atoms with E-state index in [-0.39, 0.29) is 11.7 Å². The first-order valence-electron chi connectivity index (χ1n) is 8.16. The topological polar surface area (TPSA) is 37.4 Å². The number of Topliss-reactive ketones (excluding diaryl/α,β-unsaturated/α-hetero) is 1. The van der Waals surface area contributed by atoms with Crippen LogP contribution in [0.25, 0.3) is 0 Å². The number of carbonyl (C=O) groups excluding carboxylic acids is 2. The molecule has 1 amide bonds. The van der Waals surface area contributed by atoms with E-state index in [1.165, 1.54) is 28.7 Å². The van der Waals surface area contributed by atoms with Crippen molar-refractivity contribution in [1.29, 1.82) is 0 Å². The van der Waals surface area contributed by atoms with Crippen LogP contribution >= 0.6 is 23.1 Å². The number of benzene rings is 1. The van der Waals surface area contributed by atoms with Crippen LogP contribution in [-0.4, -0.2) is 34.9 Å². The average Bonchev–Trinajstić information content (AvgIpc) is 3.07. The molecule has 2 heterocycles. The van der Waals surface area contributed by atoms with Gasteiger partial charge >= 0.3 is 0 Å². The van der Waals surface area contributed by atoms with Crippen molar-refractivity contribution in [2.45, 2.75) is 36.8 Å². The number of likely N-dealkylation sites (tertiary alicyclic amines) is 1. The first-order valence-corrected chi connectivity index (χ1v) is 9.86. The van der Waals surface area contributed by atoms with E-state index in [0.29, 0.717) is 15.0 Å². The molecule has 2 aromatic rings. The molecule has 3 rings (SSSR count). The van der Waals surface area contributed by atoms with Gasteiger partial charge in [0.2, 0.25) is 0 Å². The van der Waals surface area contributed by atoms with Crippen molar-refractivity contribution in [3.8, 4) is 0 Å². The second kappa shape index (κ2) is 7.53.